The van der Waals surface area contributed by atoms with Crippen LogP contribution in [0.25, 0.3) is 0 Å². The van der Waals surface area contributed by atoms with Crippen molar-refractivity contribution < 1.29 is 14.2 Å². The summed E-state index contributed by atoms with van der Waals surface area (Å²) in [6, 6.07) is 4.20. The standard InChI is InChI=1S/C13H19FO2/c1-9(2)8-13(3,15)11-7-10(14)5-6-12(11)16-4/h5-7,9,15H,8H2,1-4H3. The van der Waals surface area contributed by atoms with E-state index in [4.69, 9.17) is 4.74 Å². The van der Waals surface area contributed by atoms with Gasteiger partial charge in [-0.2, -0.15) is 0 Å². The highest BCUT2D eigenvalue weighted by Gasteiger charge is 2.28. The Bertz CT molecular complexity index is 359. The molecule has 1 unspecified atom stereocenters. The maximum Gasteiger partial charge on any atom is 0.125 e. The molecule has 0 heterocycles. The van der Waals surface area contributed by atoms with Gasteiger partial charge in [-0.25, -0.2) is 4.39 Å². The van der Waals surface area contributed by atoms with Crippen LogP contribution >= 0.6 is 0 Å². The summed E-state index contributed by atoms with van der Waals surface area (Å²) in [5.74, 6) is 0.481. The number of hydrogen-bond acceptors (Lipinski definition) is 2. The van der Waals surface area contributed by atoms with E-state index < -0.39 is 5.60 Å². The van der Waals surface area contributed by atoms with E-state index >= 15 is 0 Å². The number of ether oxygens (including phenoxy) is 1. The molecule has 1 aromatic carbocycles. The highest BCUT2D eigenvalue weighted by Crippen LogP contribution is 2.34. The van der Waals surface area contributed by atoms with Gasteiger partial charge in [0.25, 0.3) is 0 Å². The lowest BCUT2D eigenvalue weighted by Gasteiger charge is -2.27. The number of aliphatic hydroxyl groups is 1. The highest BCUT2D eigenvalue weighted by molar-refractivity contribution is 5.38. The maximum atomic E-state index is 13.2. The van der Waals surface area contributed by atoms with Crippen LogP contribution in [0.15, 0.2) is 18.2 Å². The van der Waals surface area contributed by atoms with Gasteiger partial charge in [0.05, 0.1) is 12.7 Å². The molecule has 0 amide bonds. The first-order valence-corrected chi connectivity index (χ1v) is 5.43. The lowest BCUT2D eigenvalue weighted by Crippen LogP contribution is -2.24. The fraction of sp³-hybridized carbons (Fsp3) is 0.538. The second-order valence-electron chi connectivity index (χ2n) is 4.72. The summed E-state index contributed by atoms with van der Waals surface area (Å²) in [5, 5.41) is 10.3. The normalized spacial score (nSPS) is 14.9. The van der Waals surface area contributed by atoms with E-state index in [-0.39, 0.29) is 5.82 Å². The van der Waals surface area contributed by atoms with Crippen LogP contribution in [-0.2, 0) is 5.60 Å². The van der Waals surface area contributed by atoms with Crippen molar-refractivity contribution in [2.75, 3.05) is 7.11 Å². The molecule has 0 fully saturated rings. The monoisotopic (exact) mass is 226 g/mol. The summed E-state index contributed by atoms with van der Waals surface area (Å²) in [6.07, 6.45) is 0.562. The fourth-order valence-electron chi connectivity index (χ4n) is 2.01. The average molecular weight is 226 g/mol. The molecule has 0 aromatic heterocycles. The Morgan fingerprint density at radius 3 is 2.56 bits per heavy atom. The number of halogens is 1. The molecule has 0 saturated carbocycles. The molecule has 0 aliphatic rings. The molecule has 90 valence electrons. The number of benzene rings is 1. The van der Waals surface area contributed by atoms with Crippen molar-refractivity contribution in [2.45, 2.75) is 32.8 Å². The third kappa shape index (κ3) is 2.95. The molecule has 1 aromatic rings. The Hall–Kier alpha value is -1.09. The van der Waals surface area contributed by atoms with Crippen molar-refractivity contribution in [3.63, 3.8) is 0 Å². The van der Waals surface area contributed by atoms with Crippen LogP contribution < -0.4 is 4.74 Å². The van der Waals surface area contributed by atoms with Crippen LogP contribution in [0.1, 0.15) is 32.8 Å². The second-order valence-corrected chi connectivity index (χ2v) is 4.72. The van der Waals surface area contributed by atoms with Gasteiger partial charge in [-0.15, -0.1) is 0 Å². The Morgan fingerprint density at radius 2 is 2.06 bits per heavy atom. The van der Waals surface area contributed by atoms with E-state index in [1.165, 1.54) is 19.2 Å². The fourth-order valence-corrected chi connectivity index (χ4v) is 2.01. The molecule has 2 nitrogen and oxygen atoms in total. The third-order valence-electron chi connectivity index (χ3n) is 2.55. The van der Waals surface area contributed by atoms with Gasteiger partial charge in [-0.05, 0) is 37.5 Å². The number of hydrogen-bond donors (Lipinski definition) is 1. The van der Waals surface area contributed by atoms with Gasteiger partial charge in [0.1, 0.15) is 11.6 Å². The van der Waals surface area contributed by atoms with Crippen LogP contribution in [0, 0.1) is 11.7 Å². The largest absolute Gasteiger partial charge is 0.496 e. The van der Waals surface area contributed by atoms with Crippen molar-refractivity contribution in [1.29, 1.82) is 0 Å². The molecule has 0 aliphatic carbocycles. The molecule has 0 radical (unpaired) electrons. The van der Waals surface area contributed by atoms with Crippen LogP contribution in [-0.4, -0.2) is 12.2 Å². The van der Waals surface area contributed by atoms with E-state index in [1.54, 1.807) is 13.0 Å². The molecule has 16 heavy (non-hydrogen) atoms. The van der Waals surface area contributed by atoms with Crippen molar-refractivity contribution >= 4 is 0 Å². The van der Waals surface area contributed by atoms with Gasteiger partial charge in [0.2, 0.25) is 0 Å². The molecule has 1 N–H and O–H groups in total. The zero-order chi connectivity index (χ0) is 12.3. The van der Waals surface area contributed by atoms with Crippen LogP contribution in [0.3, 0.4) is 0 Å². The average Bonchev–Trinajstić information content (AvgIpc) is 2.15. The predicted octanol–water partition coefficient (Wildman–Crippen LogP) is 3.09. The van der Waals surface area contributed by atoms with Gasteiger partial charge < -0.3 is 9.84 Å². The van der Waals surface area contributed by atoms with Crippen LogP contribution in [0.2, 0.25) is 0 Å². The van der Waals surface area contributed by atoms with Gasteiger partial charge in [-0.3, -0.25) is 0 Å². The van der Waals surface area contributed by atoms with Gasteiger partial charge in [0.15, 0.2) is 0 Å². The second kappa shape index (κ2) is 4.83. The van der Waals surface area contributed by atoms with Crippen molar-refractivity contribution in [1.82, 2.24) is 0 Å². The summed E-state index contributed by atoms with van der Waals surface area (Å²) in [7, 11) is 1.52. The molecular formula is C13H19FO2. The smallest absolute Gasteiger partial charge is 0.125 e. The molecule has 0 aliphatic heterocycles. The SMILES string of the molecule is COc1ccc(F)cc1C(C)(O)CC(C)C. The minimum atomic E-state index is -1.07. The third-order valence-corrected chi connectivity index (χ3v) is 2.55. The van der Waals surface area contributed by atoms with Crippen molar-refractivity contribution in [2.24, 2.45) is 5.92 Å². The predicted molar refractivity (Wildman–Crippen MR) is 62.0 cm³/mol. The van der Waals surface area contributed by atoms with Crippen molar-refractivity contribution in [3.05, 3.63) is 29.6 Å². The summed E-state index contributed by atoms with van der Waals surface area (Å²) in [5.41, 5.74) is -0.564. The molecule has 0 spiro atoms. The first-order valence-electron chi connectivity index (χ1n) is 5.43. The lowest BCUT2D eigenvalue weighted by molar-refractivity contribution is 0.0322. The van der Waals surface area contributed by atoms with E-state index in [2.05, 4.69) is 0 Å². The first kappa shape index (κ1) is 13.0. The maximum absolute atomic E-state index is 13.2. The molecule has 0 bridgehead atoms. The zero-order valence-corrected chi connectivity index (χ0v) is 10.2. The summed E-state index contributed by atoms with van der Waals surface area (Å²) in [6.45, 7) is 5.71. The summed E-state index contributed by atoms with van der Waals surface area (Å²) < 4.78 is 18.3. The Kier molecular flexibility index (Phi) is 3.92. The number of rotatable bonds is 4. The highest BCUT2D eigenvalue weighted by atomic mass is 19.1. The van der Waals surface area contributed by atoms with Gasteiger partial charge >= 0.3 is 0 Å². The molecule has 1 atom stereocenters. The molecule has 1 rings (SSSR count). The van der Waals surface area contributed by atoms with Gasteiger partial charge in [-0.1, -0.05) is 13.8 Å². The zero-order valence-electron chi connectivity index (χ0n) is 10.2. The minimum Gasteiger partial charge on any atom is -0.496 e. The lowest BCUT2D eigenvalue weighted by atomic mass is 9.87. The van der Waals surface area contributed by atoms with Crippen molar-refractivity contribution in [3.8, 4) is 5.75 Å². The topological polar surface area (TPSA) is 29.5 Å². The minimum absolute atomic E-state index is 0.322. The summed E-state index contributed by atoms with van der Waals surface area (Å²) in [4.78, 5) is 0. The van der Waals surface area contributed by atoms with E-state index in [0.29, 0.717) is 23.7 Å². The van der Waals surface area contributed by atoms with E-state index in [0.717, 1.165) is 0 Å². The van der Waals surface area contributed by atoms with E-state index in [1.807, 2.05) is 13.8 Å². The van der Waals surface area contributed by atoms with Crippen LogP contribution in [0.5, 0.6) is 5.75 Å². The Morgan fingerprint density at radius 1 is 1.44 bits per heavy atom. The Balaban J connectivity index is 3.14. The first-order chi connectivity index (χ1) is 7.36. The molecular weight excluding hydrogens is 207 g/mol. The number of methoxy groups -OCH3 is 1. The van der Waals surface area contributed by atoms with E-state index in [9.17, 15) is 9.50 Å². The summed E-state index contributed by atoms with van der Waals surface area (Å²) >= 11 is 0. The molecule has 3 heteroatoms. The van der Waals surface area contributed by atoms with Crippen LogP contribution in [0.4, 0.5) is 4.39 Å². The quantitative estimate of drug-likeness (QED) is 0.854. The molecule has 0 saturated heterocycles. The Labute approximate surface area is 96.1 Å². The van der Waals surface area contributed by atoms with Gasteiger partial charge in [0, 0.05) is 5.56 Å².